The van der Waals surface area contributed by atoms with E-state index in [0.717, 1.165) is 44.5 Å². The third kappa shape index (κ3) is 4.15. The predicted octanol–water partition coefficient (Wildman–Crippen LogP) is 2.88. The van der Waals surface area contributed by atoms with E-state index in [9.17, 15) is 10.2 Å². The molecule has 0 aliphatic carbocycles. The Morgan fingerprint density at radius 3 is 2.82 bits per heavy atom. The summed E-state index contributed by atoms with van der Waals surface area (Å²) in [5, 5.41) is 19.9. The van der Waals surface area contributed by atoms with Gasteiger partial charge in [0, 0.05) is 37.5 Å². The van der Waals surface area contributed by atoms with Gasteiger partial charge in [-0.1, -0.05) is 25.2 Å². The number of rotatable bonds is 5. The third-order valence-electron chi connectivity index (χ3n) is 6.67. The molecule has 3 aliphatic heterocycles. The first-order chi connectivity index (χ1) is 16.5. The SMILES string of the molecule is C=Ic1cc(N2CC[C@@H](O)C2)cc(I)c1-c1ccc2[nH]c(O[C@@H]3COC4[C@H](O)CO[C@@H]43)cc2n1. The molecule has 8 nitrogen and oxygen atoms in total. The van der Waals surface area contributed by atoms with Gasteiger partial charge in [0.1, 0.15) is 18.3 Å². The maximum atomic E-state index is 9.95. The van der Waals surface area contributed by atoms with Gasteiger partial charge >= 0.3 is 0 Å². The molecule has 5 atom stereocenters. The molecule has 0 radical (unpaired) electrons. The number of β-amino-alcohol motifs (C(OH)–C–C–N with tert-alkyl or cyclic N) is 1. The lowest BCUT2D eigenvalue weighted by Gasteiger charge is -2.20. The van der Waals surface area contributed by atoms with Crippen LogP contribution in [0.25, 0.3) is 22.3 Å². The van der Waals surface area contributed by atoms with Crippen LogP contribution in [0.1, 0.15) is 6.42 Å². The Morgan fingerprint density at radius 2 is 2.03 bits per heavy atom. The van der Waals surface area contributed by atoms with Crippen LogP contribution in [0.15, 0.2) is 30.3 Å². The number of hydrogen-bond donors (Lipinski definition) is 3. The van der Waals surface area contributed by atoms with Crippen molar-refractivity contribution in [1.29, 1.82) is 0 Å². The van der Waals surface area contributed by atoms with Gasteiger partial charge in [-0.2, -0.15) is 0 Å². The van der Waals surface area contributed by atoms with Crippen molar-refractivity contribution in [3.8, 4) is 17.1 Å². The van der Waals surface area contributed by atoms with Crippen molar-refractivity contribution in [1.82, 2.24) is 9.97 Å². The van der Waals surface area contributed by atoms with E-state index in [1.54, 1.807) is 0 Å². The minimum absolute atomic E-state index is 0.253. The van der Waals surface area contributed by atoms with Gasteiger partial charge in [0.05, 0.1) is 36.0 Å². The first kappa shape index (κ1) is 23.1. The molecule has 0 amide bonds. The van der Waals surface area contributed by atoms with Crippen LogP contribution >= 0.6 is 43.3 Å². The molecule has 3 N–H and O–H groups in total. The Labute approximate surface area is 220 Å². The number of aliphatic hydroxyl groups is 2. The molecule has 2 aromatic heterocycles. The second-order valence-electron chi connectivity index (χ2n) is 8.89. The number of nitrogens with one attached hydrogen (secondary N) is 1. The topological polar surface area (TPSA) is 100 Å². The van der Waals surface area contributed by atoms with Gasteiger partial charge in [0.25, 0.3) is 0 Å². The second kappa shape index (κ2) is 9.28. The van der Waals surface area contributed by atoms with Gasteiger partial charge < -0.3 is 34.3 Å². The fraction of sp³-hybridized carbons (Fsp3) is 0.417. The number of halogens is 2. The summed E-state index contributed by atoms with van der Waals surface area (Å²) in [6, 6.07) is 10.4. The molecule has 5 heterocycles. The van der Waals surface area contributed by atoms with Crippen molar-refractivity contribution < 1.29 is 24.4 Å². The molecule has 3 aliphatic rings. The van der Waals surface area contributed by atoms with E-state index >= 15 is 0 Å². The Hall–Kier alpha value is -1.32. The second-order valence-corrected chi connectivity index (χ2v) is 12.0. The number of H-pyrrole nitrogens is 1. The van der Waals surface area contributed by atoms with Crippen LogP contribution in [0.3, 0.4) is 0 Å². The number of pyridine rings is 1. The summed E-state index contributed by atoms with van der Waals surface area (Å²) in [6.45, 7) is 2.22. The highest BCUT2D eigenvalue weighted by Crippen LogP contribution is 2.37. The fourth-order valence-corrected chi connectivity index (χ4v) is 7.85. The molecule has 3 fully saturated rings. The monoisotopic (exact) mass is 689 g/mol. The van der Waals surface area contributed by atoms with Gasteiger partial charge in [-0.05, 0) is 53.3 Å². The normalized spacial score (nSPS) is 28.7. The number of hydrogen-bond acceptors (Lipinski definition) is 7. The minimum atomic E-state index is -0.597. The number of anilines is 1. The maximum Gasteiger partial charge on any atom is 0.193 e. The number of benzene rings is 1. The van der Waals surface area contributed by atoms with E-state index in [2.05, 4.69) is 49.1 Å². The van der Waals surface area contributed by atoms with Gasteiger partial charge in [0.15, 0.2) is 12.0 Å². The van der Waals surface area contributed by atoms with E-state index in [1.807, 2.05) is 18.2 Å². The van der Waals surface area contributed by atoms with E-state index < -0.39 is 26.8 Å². The largest absolute Gasteiger partial charge is 0.470 e. The summed E-state index contributed by atoms with van der Waals surface area (Å²) < 4.78 is 24.1. The fourth-order valence-electron chi connectivity index (χ4n) is 4.96. The average Bonchev–Trinajstić information content (AvgIpc) is 3.59. The standard InChI is InChI=1S/C24H25I2N3O5/c1-26-15-7-12(29-5-4-13(30)9-29)6-14(25)22(15)17-3-2-16-18(27-17)8-21(28-16)34-20-11-33-23-19(31)10-32-24(20)23/h2-3,6-8,13,19-20,23-24,28,30-31H,1,4-5,9-11H2/t13-,19-,20-,23?,24-/m1/s1. The first-order valence-electron chi connectivity index (χ1n) is 11.2. The van der Waals surface area contributed by atoms with Crippen molar-refractivity contribution in [2.45, 2.75) is 36.9 Å². The molecule has 180 valence electrons. The maximum absolute atomic E-state index is 9.95. The average molecular weight is 689 g/mol. The highest BCUT2D eigenvalue weighted by atomic mass is 127. The van der Waals surface area contributed by atoms with E-state index in [-0.39, 0.29) is 31.0 Å². The lowest BCUT2D eigenvalue weighted by Crippen LogP contribution is -2.34. The molecular weight excluding hydrogens is 664 g/mol. The van der Waals surface area contributed by atoms with Crippen molar-refractivity contribution in [3.05, 3.63) is 37.5 Å². The molecule has 1 unspecified atom stereocenters. The molecular formula is C24H25I2N3O5. The van der Waals surface area contributed by atoms with Crippen molar-refractivity contribution in [2.75, 3.05) is 31.2 Å². The lowest BCUT2D eigenvalue weighted by molar-refractivity contribution is 0.00794. The van der Waals surface area contributed by atoms with Crippen LogP contribution in [0, 0.1) is 7.14 Å². The van der Waals surface area contributed by atoms with E-state index in [1.165, 1.54) is 3.57 Å². The number of fused-ring (bicyclic) bond motifs is 2. The summed E-state index contributed by atoms with van der Waals surface area (Å²) in [4.78, 5) is 10.5. The number of aromatic amines is 1. The van der Waals surface area contributed by atoms with Crippen LogP contribution in [0.2, 0.25) is 0 Å². The van der Waals surface area contributed by atoms with Gasteiger partial charge in [-0.3, -0.25) is 0 Å². The zero-order chi connectivity index (χ0) is 23.4. The Bertz CT molecular complexity index is 1250. The summed E-state index contributed by atoms with van der Waals surface area (Å²) in [5.41, 5.74) is 4.92. The Kier molecular flexibility index (Phi) is 6.31. The summed E-state index contributed by atoms with van der Waals surface area (Å²) in [7, 11) is 0. The number of aliphatic hydroxyl groups excluding tert-OH is 2. The first-order valence-corrected chi connectivity index (χ1v) is 14.9. The molecule has 0 spiro atoms. The number of nitrogens with zero attached hydrogens (tertiary/aromatic N) is 2. The molecule has 1 aromatic carbocycles. The van der Waals surface area contributed by atoms with Gasteiger partial charge in [-0.15, -0.1) is 0 Å². The van der Waals surface area contributed by atoms with Crippen molar-refractivity contribution in [2.24, 2.45) is 0 Å². The predicted molar refractivity (Wildman–Crippen MR) is 147 cm³/mol. The van der Waals surface area contributed by atoms with Crippen LogP contribution < -0.4 is 9.64 Å². The minimum Gasteiger partial charge on any atom is -0.470 e. The smallest absolute Gasteiger partial charge is 0.193 e. The third-order valence-corrected chi connectivity index (χ3v) is 9.19. The molecule has 3 aromatic rings. The van der Waals surface area contributed by atoms with Crippen LogP contribution in [0.4, 0.5) is 5.69 Å². The zero-order valence-electron chi connectivity index (χ0n) is 18.3. The van der Waals surface area contributed by atoms with E-state index in [0.29, 0.717) is 19.0 Å². The highest BCUT2D eigenvalue weighted by Gasteiger charge is 2.48. The Balaban J connectivity index is 1.28. The lowest BCUT2D eigenvalue weighted by atomic mass is 10.1. The summed E-state index contributed by atoms with van der Waals surface area (Å²) >= 11 is 1.97. The summed E-state index contributed by atoms with van der Waals surface area (Å²) in [5.74, 6) is 0.612. The van der Waals surface area contributed by atoms with Crippen LogP contribution in [-0.2, 0) is 9.47 Å². The number of aromatic nitrogens is 2. The number of ether oxygens (including phenoxy) is 3. The quantitative estimate of drug-likeness (QED) is 0.355. The Morgan fingerprint density at radius 1 is 1.18 bits per heavy atom. The highest BCUT2D eigenvalue weighted by molar-refractivity contribution is 14.2. The molecule has 0 saturated carbocycles. The molecule has 0 bridgehead atoms. The molecule has 10 heteroatoms. The van der Waals surface area contributed by atoms with Gasteiger partial charge in [0.2, 0.25) is 0 Å². The van der Waals surface area contributed by atoms with Crippen molar-refractivity contribution >= 4 is 64.6 Å². The summed E-state index contributed by atoms with van der Waals surface area (Å²) in [6.07, 6.45) is -0.890. The van der Waals surface area contributed by atoms with Crippen LogP contribution in [-0.4, -0.2) is 81.5 Å². The zero-order valence-corrected chi connectivity index (χ0v) is 22.6. The molecule has 6 rings (SSSR count). The van der Waals surface area contributed by atoms with E-state index in [4.69, 9.17) is 19.2 Å². The van der Waals surface area contributed by atoms with Crippen molar-refractivity contribution in [3.63, 3.8) is 0 Å². The molecule has 34 heavy (non-hydrogen) atoms. The van der Waals surface area contributed by atoms with Gasteiger partial charge in [-0.25, -0.2) is 4.98 Å². The van der Waals surface area contributed by atoms with Crippen LogP contribution in [0.5, 0.6) is 5.88 Å². The molecule has 3 saturated heterocycles.